The number of rotatable bonds is 2. The van der Waals surface area contributed by atoms with Crippen LogP contribution in [0.4, 0.5) is 0 Å². The lowest BCUT2D eigenvalue weighted by Crippen LogP contribution is -2.52. The minimum absolute atomic E-state index is 0.219. The van der Waals surface area contributed by atoms with Gasteiger partial charge in [-0.15, -0.1) is 0 Å². The molecule has 2 N–H and O–H groups in total. The first-order chi connectivity index (χ1) is 6.43. The third kappa shape index (κ3) is 2.85. The SMILES string of the molecule is CC1O[C@H](OP(C)P)C(O)[C@@H](C)[C@H]1O. The Labute approximate surface area is 87.9 Å². The first kappa shape index (κ1) is 12.8. The Balaban J connectivity index is 2.60. The van der Waals surface area contributed by atoms with Crippen molar-refractivity contribution in [3.63, 3.8) is 0 Å². The van der Waals surface area contributed by atoms with Gasteiger partial charge >= 0.3 is 0 Å². The highest BCUT2D eigenvalue weighted by atomic mass is 32.0. The average molecular weight is 240 g/mol. The Morgan fingerprint density at radius 1 is 1.29 bits per heavy atom. The van der Waals surface area contributed by atoms with Crippen LogP contribution >= 0.6 is 16.8 Å². The number of aliphatic hydroxyl groups excluding tert-OH is 2. The van der Waals surface area contributed by atoms with Crippen molar-refractivity contribution in [2.75, 3.05) is 6.66 Å². The molecule has 4 unspecified atom stereocenters. The van der Waals surface area contributed by atoms with Gasteiger partial charge in [0, 0.05) is 13.8 Å². The maximum absolute atomic E-state index is 9.77. The molecule has 0 bridgehead atoms. The van der Waals surface area contributed by atoms with E-state index in [0.717, 1.165) is 0 Å². The quantitative estimate of drug-likeness (QED) is 0.705. The molecule has 6 heteroatoms. The summed E-state index contributed by atoms with van der Waals surface area (Å²) in [4.78, 5) is 0. The fraction of sp³-hybridized carbons (Fsp3) is 1.00. The molecule has 4 nitrogen and oxygen atoms in total. The lowest BCUT2D eigenvalue weighted by atomic mass is 9.91. The van der Waals surface area contributed by atoms with Gasteiger partial charge in [0.1, 0.15) is 6.10 Å². The third-order valence-corrected chi connectivity index (χ3v) is 3.36. The van der Waals surface area contributed by atoms with E-state index < -0.39 is 26.3 Å². The van der Waals surface area contributed by atoms with Crippen LogP contribution < -0.4 is 0 Å². The molecule has 84 valence electrons. The van der Waals surface area contributed by atoms with Crippen LogP contribution in [0.2, 0.25) is 0 Å². The summed E-state index contributed by atoms with van der Waals surface area (Å²) >= 11 is 0. The second kappa shape index (κ2) is 5.16. The molecule has 7 atom stereocenters. The van der Waals surface area contributed by atoms with E-state index in [1.807, 2.05) is 6.66 Å². The van der Waals surface area contributed by atoms with E-state index in [2.05, 4.69) is 8.93 Å². The molecule has 0 aromatic carbocycles. The zero-order valence-electron chi connectivity index (χ0n) is 8.62. The normalized spacial score (nSPS) is 46.3. The van der Waals surface area contributed by atoms with Crippen LogP contribution in [0.3, 0.4) is 0 Å². The molecule has 1 fully saturated rings. The van der Waals surface area contributed by atoms with Crippen molar-refractivity contribution in [3.05, 3.63) is 0 Å². The minimum atomic E-state index is -0.758. The maximum atomic E-state index is 9.77. The Hall–Kier alpha value is 0.700. The molecule has 1 aliphatic rings. The summed E-state index contributed by atoms with van der Waals surface area (Å²) in [5, 5.41) is 19.4. The van der Waals surface area contributed by atoms with E-state index in [1.165, 1.54) is 0 Å². The highest BCUT2D eigenvalue weighted by Crippen LogP contribution is 2.44. The molecule has 1 saturated heterocycles. The fourth-order valence-corrected chi connectivity index (χ4v) is 2.36. The van der Waals surface area contributed by atoms with Crippen molar-refractivity contribution in [3.8, 4) is 0 Å². The fourth-order valence-electron chi connectivity index (χ4n) is 1.50. The molecular weight excluding hydrogens is 222 g/mol. The van der Waals surface area contributed by atoms with Crippen molar-refractivity contribution in [1.29, 1.82) is 0 Å². The van der Waals surface area contributed by atoms with Gasteiger partial charge in [-0.25, -0.2) is 0 Å². The van der Waals surface area contributed by atoms with E-state index in [1.54, 1.807) is 13.8 Å². The molecule has 0 spiro atoms. The molecule has 0 aliphatic carbocycles. The van der Waals surface area contributed by atoms with Gasteiger partial charge < -0.3 is 19.5 Å². The molecule has 0 aromatic heterocycles. The summed E-state index contributed by atoms with van der Waals surface area (Å²) in [7, 11) is 1.89. The molecule has 14 heavy (non-hydrogen) atoms. The van der Waals surface area contributed by atoms with Gasteiger partial charge in [0.15, 0.2) is 6.29 Å². The number of hydrogen-bond acceptors (Lipinski definition) is 4. The lowest BCUT2D eigenvalue weighted by molar-refractivity contribution is -0.247. The second-order valence-electron chi connectivity index (χ2n) is 3.70. The molecule has 0 saturated carbocycles. The second-order valence-corrected chi connectivity index (χ2v) is 7.19. The van der Waals surface area contributed by atoms with E-state index in [4.69, 9.17) is 9.26 Å². The smallest absolute Gasteiger partial charge is 0.188 e. The molecular formula is C8H18O4P2. The summed E-state index contributed by atoms with van der Waals surface area (Å²) in [6, 6.07) is 0. The predicted octanol–water partition coefficient (Wildman–Crippen LogP) is 0.922. The largest absolute Gasteiger partial charge is 0.390 e. The van der Waals surface area contributed by atoms with Gasteiger partial charge in [0.25, 0.3) is 0 Å². The van der Waals surface area contributed by atoms with Crippen molar-refractivity contribution >= 4 is 16.8 Å². The van der Waals surface area contributed by atoms with E-state index in [0.29, 0.717) is 0 Å². The molecule has 0 aromatic rings. The zero-order valence-corrected chi connectivity index (χ0v) is 10.7. The van der Waals surface area contributed by atoms with Crippen LogP contribution in [-0.4, -0.2) is 41.5 Å². The molecule has 0 amide bonds. The standard InChI is InChI=1S/C8H18O4P2/c1-4-6(9)5(2)11-8(7(4)10)12-14(3)13/h4-10H,13H2,1-3H3/t4-,5?,6+,7?,8+,14?/m0/s1. The van der Waals surface area contributed by atoms with Crippen LogP contribution in [0.5, 0.6) is 0 Å². The summed E-state index contributed by atoms with van der Waals surface area (Å²) in [5.74, 6) is -0.219. The summed E-state index contributed by atoms with van der Waals surface area (Å²) in [6.07, 6.45) is -2.29. The van der Waals surface area contributed by atoms with E-state index in [9.17, 15) is 10.2 Å². The van der Waals surface area contributed by atoms with Gasteiger partial charge in [-0.05, 0) is 13.6 Å². The lowest BCUT2D eigenvalue weighted by Gasteiger charge is -2.40. The third-order valence-electron chi connectivity index (χ3n) is 2.46. The van der Waals surface area contributed by atoms with Crippen molar-refractivity contribution in [1.82, 2.24) is 0 Å². The van der Waals surface area contributed by atoms with Crippen LogP contribution in [0, 0.1) is 5.92 Å². The van der Waals surface area contributed by atoms with Gasteiger partial charge in [-0.3, -0.25) is 0 Å². The van der Waals surface area contributed by atoms with Crippen molar-refractivity contribution in [2.24, 2.45) is 5.92 Å². The van der Waals surface area contributed by atoms with E-state index in [-0.39, 0.29) is 12.0 Å². The number of ether oxygens (including phenoxy) is 1. The van der Waals surface area contributed by atoms with E-state index >= 15 is 0 Å². The minimum Gasteiger partial charge on any atom is -0.390 e. The highest BCUT2D eigenvalue weighted by molar-refractivity contribution is 8.10. The average Bonchev–Trinajstić information content (AvgIpc) is 2.10. The first-order valence-corrected chi connectivity index (χ1v) is 7.92. The molecule has 1 aliphatic heterocycles. The molecule has 0 radical (unpaired) electrons. The van der Waals surface area contributed by atoms with Gasteiger partial charge in [0.05, 0.1) is 12.2 Å². The topological polar surface area (TPSA) is 58.9 Å². The monoisotopic (exact) mass is 240 g/mol. The van der Waals surface area contributed by atoms with Crippen LogP contribution in [-0.2, 0) is 9.26 Å². The van der Waals surface area contributed by atoms with Crippen LogP contribution in [0.15, 0.2) is 0 Å². The summed E-state index contributed by atoms with van der Waals surface area (Å²) in [5.41, 5.74) is 0. The number of aliphatic hydroxyl groups is 2. The predicted molar refractivity (Wildman–Crippen MR) is 59.2 cm³/mol. The number of hydrogen-bond donors (Lipinski definition) is 2. The van der Waals surface area contributed by atoms with Crippen LogP contribution in [0.1, 0.15) is 13.8 Å². The van der Waals surface area contributed by atoms with Crippen LogP contribution in [0.25, 0.3) is 0 Å². The Morgan fingerprint density at radius 3 is 2.36 bits per heavy atom. The summed E-state index contributed by atoms with van der Waals surface area (Å²) < 4.78 is 10.8. The molecule has 1 heterocycles. The van der Waals surface area contributed by atoms with Gasteiger partial charge in [0.2, 0.25) is 0 Å². The Morgan fingerprint density at radius 2 is 1.86 bits per heavy atom. The van der Waals surface area contributed by atoms with Crippen molar-refractivity contribution in [2.45, 2.75) is 38.4 Å². The zero-order chi connectivity index (χ0) is 10.9. The van der Waals surface area contributed by atoms with Crippen molar-refractivity contribution < 1.29 is 19.5 Å². The maximum Gasteiger partial charge on any atom is 0.188 e. The Bertz CT molecular complexity index is 190. The Kier molecular flexibility index (Phi) is 4.70. The molecule has 1 rings (SSSR count). The highest BCUT2D eigenvalue weighted by Gasteiger charge is 2.40. The van der Waals surface area contributed by atoms with Gasteiger partial charge in [-0.2, -0.15) is 0 Å². The summed E-state index contributed by atoms with van der Waals surface area (Å²) in [6.45, 7) is 5.49. The first-order valence-electron chi connectivity index (χ1n) is 4.60. The van der Waals surface area contributed by atoms with Gasteiger partial charge in [-0.1, -0.05) is 15.9 Å².